The molecule has 0 fully saturated rings. The summed E-state index contributed by atoms with van der Waals surface area (Å²) in [6, 6.07) is 59.4. The Hall–Kier alpha value is -6.84. The number of fused-ring (bicyclic) bond motifs is 7. The maximum absolute atomic E-state index is 3.99. The second kappa shape index (κ2) is 11.9. The van der Waals surface area contributed by atoms with Gasteiger partial charge in [0.05, 0.1) is 27.6 Å². The molecule has 10 aromatic rings. The van der Waals surface area contributed by atoms with Crippen molar-refractivity contribution in [3.63, 3.8) is 0 Å². The molecule has 3 aromatic heterocycles. The van der Waals surface area contributed by atoms with Crippen molar-refractivity contribution in [3.8, 4) is 28.2 Å². The molecule has 0 spiro atoms. The van der Waals surface area contributed by atoms with Gasteiger partial charge in [0.25, 0.3) is 0 Å². The van der Waals surface area contributed by atoms with Gasteiger partial charge in [0.2, 0.25) is 0 Å². The molecule has 3 nitrogen and oxygen atoms in total. The fourth-order valence-electron chi connectivity index (χ4n) is 8.29. The van der Waals surface area contributed by atoms with Crippen molar-refractivity contribution in [3.05, 3.63) is 194 Å². The van der Waals surface area contributed by atoms with E-state index in [0.717, 1.165) is 11.4 Å². The molecule has 0 atom stereocenters. The van der Waals surface area contributed by atoms with Crippen molar-refractivity contribution in [2.24, 2.45) is 0 Å². The van der Waals surface area contributed by atoms with Crippen LogP contribution in [-0.4, -0.2) is 13.7 Å². The van der Waals surface area contributed by atoms with Gasteiger partial charge in [0.15, 0.2) is 0 Å². The maximum atomic E-state index is 3.99. The molecule has 3 heterocycles. The SMILES string of the molecule is C=C/C=C\c1c(C)n(-c2ccc3c(c2)c2ccccc2n3-c2ccccc2)c2ccc(-c3ccc4c(c3)c3ccccc3n4-c3ccccc3)cc12. The quantitative estimate of drug-likeness (QED) is 0.157. The fraction of sp³-hybridized carbons (Fsp3) is 0.0204. The average molecular weight is 666 g/mol. The topological polar surface area (TPSA) is 14.8 Å². The fourth-order valence-corrected chi connectivity index (χ4v) is 8.29. The second-order valence-electron chi connectivity index (χ2n) is 13.5. The molecular weight excluding hydrogens is 631 g/mol. The Labute approximate surface area is 302 Å². The van der Waals surface area contributed by atoms with E-state index in [1.54, 1.807) is 0 Å². The molecule has 0 saturated heterocycles. The summed E-state index contributed by atoms with van der Waals surface area (Å²) in [4.78, 5) is 0. The first-order valence-electron chi connectivity index (χ1n) is 17.8. The van der Waals surface area contributed by atoms with Gasteiger partial charge in [-0.1, -0.05) is 110 Å². The van der Waals surface area contributed by atoms with Gasteiger partial charge in [-0.05, 0) is 96.9 Å². The van der Waals surface area contributed by atoms with E-state index in [2.05, 4.69) is 197 Å². The largest absolute Gasteiger partial charge is 0.313 e. The number of hydrogen-bond donors (Lipinski definition) is 0. The second-order valence-corrected chi connectivity index (χ2v) is 13.5. The van der Waals surface area contributed by atoms with Crippen molar-refractivity contribution in [1.82, 2.24) is 13.7 Å². The van der Waals surface area contributed by atoms with Crippen LogP contribution in [0.25, 0.3) is 88.8 Å². The van der Waals surface area contributed by atoms with E-state index in [4.69, 9.17) is 0 Å². The van der Waals surface area contributed by atoms with Crippen LogP contribution in [0.5, 0.6) is 0 Å². The average Bonchev–Trinajstić information content (AvgIpc) is 3.81. The minimum atomic E-state index is 1.15. The molecule has 10 rings (SSSR count). The molecule has 52 heavy (non-hydrogen) atoms. The maximum Gasteiger partial charge on any atom is 0.0542 e. The van der Waals surface area contributed by atoms with Crippen LogP contribution in [0.4, 0.5) is 0 Å². The first-order chi connectivity index (χ1) is 25.7. The van der Waals surface area contributed by atoms with Gasteiger partial charge in [0.1, 0.15) is 0 Å². The normalized spacial score (nSPS) is 11.9. The summed E-state index contributed by atoms with van der Waals surface area (Å²) in [7, 11) is 0. The highest BCUT2D eigenvalue weighted by Crippen LogP contribution is 2.39. The highest BCUT2D eigenvalue weighted by atomic mass is 15.0. The van der Waals surface area contributed by atoms with Gasteiger partial charge in [-0.2, -0.15) is 0 Å². The third-order valence-electron chi connectivity index (χ3n) is 10.6. The van der Waals surface area contributed by atoms with Crippen molar-refractivity contribution in [1.29, 1.82) is 0 Å². The zero-order valence-corrected chi connectivity index (χ0v) is 28.9. The molecule has 3 heteroatoms. The number of aromatic nitrogens is 3. The lowest BCUT2D eigenvalue weighted by Crippen LogP contribution is -1.97. The monoisotopic (exact) mass is 665 g/mol. The van der Waals surface area contributed by atoms with Crippen LogP contribution in [0.15, 0.2) is 183 Å². The smallest absolute Gasteiger partial charge is 0.0542 e. The van der Waals surface area contributed by atoms with Gasteiger partial charge >= 0.3 is 0 Å². The van der Waals surface area contributed by atoms with Crippen LogP contribution >= 0.6 is 0 Å². The van der Waals surface area contributed by atoms with Gasteiger partial charge in [0, 0.05) is 55.3 Å². The predicted molar refractivity (Wildman–Crippen MR) is 221 cm³/mol. The summed E-state index contributed by atoms with van der Waals surface area (Å²) in [6.07, 6.45) is 6.09. The zero-order valence-electron chi connectivity index (χ0n) is 28.9. The van der Waals surface area contributed by atoms with E-state index in [-0.39, 0.29) is 0 Å². The third-order valence-corrected chi connectivity index (χ3v) is 10.6. The van der Waals surface area contributed by atoms with Crippen molar-refractivity contribution in [2.75, 3.05) is 0 Å². The van der Waals surface area contributed by atoms with Crippen LogP contribution in [0.3, 0.4) is 0 Å². The van der Waals surface area contributed by atoms with Crippen LogP contribution in [0.2, 0.25) is 0 Å². The first-order valence-corrected chi connectivity index (χ1v) is 17.8. The minimum absolute atomic E-state index is 1.15. The van der Waals surface area contributed by atoms with Gasteiger partial charge in [-0.25, -0.2) is 0 Å². The Bertz CT molecular complexity index is 3020. The molecule has 7 aromatic carbocycles. The van der Waals surface area contributed by atoms with E-state index in [1.807, 2.05) is 12.2 Å². The Morgan fingerprint density at radius 1 is 0.404 bits per heavy atom. The van der Waals surface area contributed by atoms with Crippen molar-refractivity contribution in [2.45, 2.75) is 6.92 Å². The zero-order chi connectivity index (χ0) is 34.8. The number of benzene rings is 7. The Balaban J connectivity index is 1.16. The summed E-state index contributed by atoms with van der Waals surface area (Å²) in [5, 5.41) is 6.20. The molecule has 0 aliphatic rings. The predicted octanol–water partition coefficient (Wildman–Crippen LogP) is 13.0. The van der Waals surface area contributed by atoms with Crippen molar-refractivity contribution >= 4 is 60.6 Å². The number of hydrogen-bond acceptors (Lipinski definition) is 0. The minimum Gasteiger partial charge on any atom is -0.313 e. The molecule has 0 N–H and O–H groups in total. The van der Waals surface area contributed by atoms with Gasteiger partial charge in [-0.15, -0.1) is 0 Å². The summed E-state index contributed by atoms with van der Waals surface area (Å²) >= 11 is 0. The molecule has 0 radical (unpaired) electrons. The van der Waals surface area contributed by atoms with E-state index in [9.17, 15) is 0 Å². The Morgan fingerprint density at radius 2 is 0.865 bits per heavy atom. The highest BCUT2D eigenvalue weighted by Gasteiger charge is 2.19. The lowest BCUT2D eigenvalue weighted by Gasteiger charge is -2.11. The number of para-hydroxylation sites is 4. The molecule has 0 aliphatic heterocycles. The van der Waals surface area contributed by atoms with E-state index < -0.39 is 0 Å². The Kier molecular flexibility index (Phi) is 6.87. The van der Waals surface area contributed by atoms with E-state index in [0.29, 0.717) is 0 Å². The first kappa shape index (κ1) is 30.0. The summed E-state index contributed by atoms with van der Waals surface area (Å²) in [5.41, 5.74) is 14.3. The molecule has 0 amide bonds. The van der Waals surface area contributed by atoms with E-state index in [1.165, 1.54) is 82.6 Å². The van der Waals surface area contributed by atoms with E-state index >= 15 is 0 Å². The Morgan fingerprint density at radius 3 is 1.44 bits per heavy atom. The van der Waals surface area contributed by atoms with Crippen LogP contribution in [-0.2, 0) is 0 Å². The van der Waals surface area contributed by atoms with Crippen LogP contribution in [0, 0.1) is 6.92 Å². The molecule has 0 saturated carbocycles. The van der Waals surface area contributed by atoms with Crippen molar-refractivity contribution < 1.29 is 0 Å². The molecule has 0 bridgehead atoms. The molecule has 246 valence electrons. The molecule has 0 aliphatic carbocycles. The standard InChI is InChI=1S/C49H35N3/c1-3-4-19-39-33(2)50(38-26-29-49-44(32-38)41-21-12-14-23-46(41)52(49)37-17-9-6-10-18-37)47-27-24-34(30-42(39)47)35-25-28-48-43(31-35)40-20-11-13-22-45(40)51(48)36-15-7-5-8-16-36/h3-32H,1H2,2H3/b19-4-. The molecular formula is C49H35N3. The van der Waals surface area contributed by atoms with Gasteiger partial charge in [-0.3, -0.25) is 0 Å². The highest BCUT2D eigenvalue weighted by molar-refractivity contribution is 6.12. The lowest BCUT2D eigenvalue weighted by molar-refractivity contribution is 1.05. The number of allylic oxidation sites excluding steroid dienone is 2. The molecule has 0 unspecified atom stereocenters. The summed E-state index contributed by atoms with van der Waals surface area (Å²) < 4.78 is 7.15. The van der Waals surface area contributed by atoms with Crippen LogP contribution in [0.1, 0.15) is 11.3 Å². The van der Waals surface area contributed by atoms with Gasteiger partial charge < -0.3 is 13.7 Å². The van der Waals surface area contributed by atoms with Crippen LogP contribution < -0.4 is 0 Å². The lowest BCUT2D eigenvalue weighted by atomic mass is 10.00. The summed E-state index contributed by atoms with van der Waals surface area (Å²) in [5.74, 6) is 0. The summed E-state index contributed by atoms with van der Waals surface area (Å²) in [6.45, 7) is 6.21. The number of nitrogens with zero attached hydrogens (tertiary/aromatic N) is 3. The number of rotatable bonds is 6. The third kappa shape index (κ3) is 4.53.